The molecule has 0 radical (unpaired) electrons. The lowest BCUT2D eigenvalue weighted by atomic mass is 10.1. The van der Waals surface area contributed by atoms with E-state index < -0.39 is 0 Å². The lowest BCUT2D eigenvalue weighted by Gasteiger charge is -2.15. The number of rotatable bonds is 6. The lowest BCUT2D eigenvalue weighted by Crippen LogP contribution is -2.22. The quantitative estimate of drug-likeness (QED) is 0.879. The highest BCUT2D eigenvalue weighted by Gasteiger charge is 2.21. The van der Waals surface area contributed by atoms with E-state index in [0.29, 0.717) is 0 Å². The average molecular weight is 302 g/mol. The first kappa shape index (κ1) is 13.9. The van der Waals surface area contributed by atoms with Crippen LogP contribution in [0.25, 0.3) is 0 Å². The molecule has 0 aliphatic rings. The Bertz CT molecular complexity index is 495. The van der Waals surface area contributed by atoms with E-state index in [1.54, 1.807) is 11.3 Å². The molecular formula is C12H16ClN3S2. The molecule has 2 aromatic heterocycles. The molecule has 2 rings (SSSR count). The van der Waals surface area contributed by atoms with Gasteiger partial charge in [0.1, 0.15) is 0 Å². The van der Waals surface area contributed by atoms with Crippen LogP contribution in [0.1, 0.15) is 41.8 Å². The Labute approximate surface area is 120 Å². The van der Waals surface area contributed by atoms with Crippen molar-refractivity contribution >= 4 is 34.5 Å². The van der Waals surface area contributed by atoms with Crippen molar-refractivity contribution in [3.63, 3.8) is 0 Å². The van der Waals surface area contributed by atoms with E-state index in [4.69, 9.17) is 11.6 Å². The molecular weight excluding hydrogens is 286 g/mol. The first-order valence-corrected chi connectivity index (χ1v) is 8.02. The van der Waals surface area contributed by atoms with Crippen LogP contribution in [0, 0.1) is 0 Å². The van der Waals surface area contributed by atoms with Gasteiger partial charge < -0.3 is 5.32 Å². The third kappa shape index (κ3) is 3.09. The van der Waals surface area contributed by atoms with Crippen molar-refractivity contribution in [2.75, 3.05) is 6.54 Å². The number of aromatic nitrogens is 2. The van der Waals surface area contributed by atoms with Crippen LogP contribution in [0.2, 0.25) is 4.34 Å². The normalized spacial score (nSPS) is 12.8. The number of halogens is 1. The zero-order valence-electron chi connectivity index (χ0n) is 10.4. The number of nitrogens with one attached hydrogen (secondary N) is 1. The highest BCUT2D eigenvalue weighted by atomic mass is 35.5. The second-order valence-electron chi connectivity index (χ2n) is 3.97. The molecule has 0 aromatic carbocycles. The predicted molar refractivity (Wildman–Crippen MR) is 78.8 cm³/mol. The average Bonchev–Trinajstić information content (AvgIpc) is 2.99. The largest absolute Gasteiger partial charge is 0.305 e. The molecule has 18 heavy (non-hydrogen) atoms. The van der Waals surface area contributed by atoms with Gasteiger partial charge in [0.25, 0.3) is 0 Å². The van der Waals surface area contributed by atoms with E-state index in [2.05, 4.69) is 34.8 Å². The summed E-state index contributed by atoms with van der Waals surface area (Å²) in [6.45, 7) is 5.25. The molecule has 0 fully saturated rings. The fraction of sp³-hybridized carbons (Fsp3) is 0.500. The molecule has 0 spiro atoms. The minimum Gasteiger partial charge on any atom is -0.305 e. The van der Waals surface area contributed by atoms with Crippen LogP contribution >= 0.6 is 34.5 Å². The molecule has 6 heteroatoms. The van der Waals surface area contributed by atoms with Gasteiger partial charge in [-0.1, -0.05) is 29.9 Å². The molecule has 2 heterocycles. The zero-order chi connectivity index (χ0) is 13.0. The summed E-state index contributed by atoms with van der Waals surface area (Å²) in [5.41, 5.74) is 1.08. The summed E-state index contributed by atoms with van der Waals surface area (Å²) in [7, 11) is 0. The summed E-state index contributed by atoms with van der Waals surface area (Å²) < 4.78 is 4.90. The van der Waals surface area contributed by atoms with Crippen LogP contribution in [-0.4, -0.2) is 16.1 Å². The van der Waals surface area contributed by atoms with Gasteiger partial charge in [-0.05, 0) is 43.1 Å². The molecule has 0 amide bonds. The van der Waals surface area contributed by atoms with E-state index in [1.807, 2.05) is 6.07 Å². The Hall–Kier alpha value is -0.490. The van der Waals surface area contributed by atoms with Gasteiger partial charge in [-0.15, -0.1) is 16.4 Å². The molecule has 0 bridgehead atoms. The van der Waals surface area contributed by atoms with Crippen molar-refractivity contribution < 1.29 is 0 Å². The molecule has 98 valence electrons. The van der Waals surface area contributed by atoms with E-state index in [-0.39, 0.29) is 6.04 Å². The Balaban J connectivity index is 2.30. The van der Waals surface area contributed by atoms with Gasteiger partial charge in [0.15, 0.2) is 0 Å². The van der Waals surface area contributed by atoms with Crippen molar-refractivity contribution in [3.8, 4) is 0 Å². The molecule has 0 aliphatic heterocycles. The fourth-order valence-corrected chi connectivity index (χ4v) is 3.83. The standard InChI is InChI=1S/C12H16ClN3S2/c1-3-7-14-11(9-5-6-10(13)17-9)12-8(4-2)15-16-18-12/h5-6,11,14H,3-4,7H2,1-2H3. The van der Waals surface area contributed by atoms with Gasteiger partial charge in [-0.25, -0.2) is 0 Å². The minimum atomic E-state index is 0.178. The Kier molecular flexibility index (Phi) is 5.12. The highest BCUT2D eigenvalue weighted by Crippen LogP contribution is 2.33. The summed E-state index contributed by atoms with van der Waals surface area (Å²) in [5.74, 6) is 0. The van der Waals surface area contributed by atoms with E-state index in [0.717, 1.165) is 29.4 Å². The smallest absolute Gasteiger partial charge is 0.0931 e. The summed E-state index contributed by atoms with van der Waals surface area (Å²) in [4.78, 5) is 2.44. The minimum absolute atomic E-state index is 0.178. The molecule has 1 atom stereocenters. The van der Waals surface area contributed by atoms with Crippen LogP contribution in [0.15, 0.2) is 12.1 Å². The molecule has 1 unspecified atom stereocenters. The molecule has 3 nitrogen and oxygen atoms in total. The topological polar surface area (TPSA) is 37.8 Å². The summed E-state index contributed by atoms with van der Waals surface area (Å²) >= 11 is 9.13. The molecule has 0 saturated carbocycles. The predicted octanol–water partition coefficient (Wildman–Crippen LogP) is 3.90. The lowest BCUT2D eigenvalue weighted by molar-refractivity contribution is 0.608. The number of hydrogen-bond acceptors (Lipinski definition) is 5. The van der Waals surface area contributed by atoms with Crippen molar-refractivity contribution in [2.24, 2.45) is 0 Å². The van der Waals surface area contributed by atoms with Gasteiger partial charge in [-0.2, -0.15) is 0 Å². The molecule has 1 N–H and O–H groups in total. The van der Waals surface area contributed by atoms with Crippen molar-refractivity contribution in [1.82, 2.24) is 14.9 Å². The van der Waals surface area contributed by atoms with Crippen molar-refractivity contribution in [1.29, 1.82) is 0 Å². The van der Waals surface area contributed by atoms with Gasteiger partial charge in [-0.3, -0.25) is 0 Å². The van der Waals surface area contributed by atoms with Crippen LogP contribution in [0.3, 0.4) is 0 Å². The monoisotopic (exact) mass is 301 g/mol. The summed E-state index contributed by atoms with van der Waals surface area (Å²) in [5, 5.41) is 7.75. The Morgan fingerprint density at radius 2 is 2.22 bits per heavy atom. The second-order valence-corrected chi connectivity index (χ2v) is 6.50. The van der Waals surface area contributed by atoms with Gasteiger partial charge in [0.05, 0.1) is 20.9 Å². The van der Waals surface area contributed by atoms with Crippen molar-refractivity contribution in [3.05, 3.63) is 31.9 Å². The molecule has 0 saturated heterocycles. The summed E-state index contributed by atoms with van der Waals surface area (Å²) in [6, 6.07) is 4.21. The third-order valence-corrected chi connectivity index (χ3v) is 4.79. The van der Waals surface area contributed by atoms with Gasteiger partial charge >= 0.3 is 0 Å². The van der Waals surface area contributed by atoms with Gasteiger partial charge in [0.2, 0.25) is 0 Å². The van der Waals surface area contributed by atoms with Crippen LogP contribution in [0.4, 0.5) is 0 Å². The number of aryl methyl sites for hydroxylation is 1. The van der Waals surface area contributed by atoms with E-state index in [1.165, 1.54) is 21.3 Å². The van der Waals surface area contributed by atoms with Gasteiger partial charge in [0, 0.05) is 4.88 Å². The maximum Gasteiger partial charge on any atom is 0.0931 e. The van der Waals surface area contributed by atoms with Crippen LogP contribution < -0.4 is 5.32 Å². The van der Waals surface area contributed by atoms with Crippen LogP contribution in [0.5, 0.6) is 0 Å². The van der Waals surface area contributed by atoms with E-state index in [9.17, 15) is 0 Å². The SMILES string of the molecule is CCCNC(c1ccc(Cl)s1)c1snnc1CC. The Morgan fingerprint density at radius 3 is 2.83 bits per heavy atom. The fourth-order valence-electron chi connectivity index (χ4n) is 1.77. The Morgan fingerprint density at radius 1 is 1.39 bits per heavy atom. The number of hydrogen-bond donors (Lipinski definition) is 1. The van der Waals surface area contributed by atoms with Crippen molar-refractivity contribution in [2.45, 2.75) is 32.7 Å². The van der Waals surface area contributed by atoms with E-state index >= 15 is 0 Å². The van der Waals surface area contributed by atoms with Crippen LogP contribution in [-0.2, 0) is 6.42 Å². The second kappa shape index (κ2) is 6.61. The first-order chi connectivity index (χ1) is 8.76. The number of nitrogens with zero attached hydrogens (tertiary/aromatic N) is 2. The molecule has 0 aliphatic carbocycles. The highest BCUT2D eigenvalue weighted by molar-refractivity contribution is 7.16. The number of thiophene rings is 1. The third-order valence-electron chi connectivity index (χ3n) is 2.66. The maximum absolute atomic E-state index is 6.04. The zero-order valence-corrected chi connectivity index (χ0v) is 12.8. The summed E-state index contributed by atoms with van der Waals surface area (Å²) in [6.07, 6.45) is 2.01. The molecule has 2 aromatic rings. The first-order valence-electron chi connectivity index (χ1n) is 6.06. The maximum atomic E-state index is 6.04.